The standard InChI is InChI=1S/C20H18F3N3O2S/c1-10-2-7-15-11(8-10)9-14-16(24)17(29-19(14)26-15)18(27)25-12-3-5-13(6-4-12)28-20(21,22)23/h3-6,9-10H,2,7-8,24H2,1H3,(H,25,27)/t10-/m0/s1. The number of carbonyl (C=O) groups excluding carboxylic acids is 1. The van der Waals surface area contributed by atoms with Crippen LogP contribution >= 0.6 is 11.3 Å². The van der Waals surface area contributed by atoms with Gasteiger partial charge in [0, 0.05) is 16.8 Å². The fraction of sp³-hybridized carbons (Fsp3) is 0.300. The van der Waals surface area contributed by atoms with Crippen molar-refractivity contribution in [2.45, 2.75) is 32.5 Å². The molecule has 4 rings (SSSR count). The van der Waals surface area contributed by atoms with Crippen LogP contribution in [0.25, 0.3) is 10.2 Å². The molecule has 5 nitrogen and oxygen atoms in total. The summed E-state index contributed by atoms with van der Waals surface area (Å²) in [5.74, 6) is -0.198. The molecule has 0 aliphatic heterocycles. The van der Waals surface area contributed by atoms with Crippen LogP contribution in [0.3, 0.4) is 0 Å². The molecule has 2 heterocycles. The number of nitrogens with zero attached hydrogens (tertiary/aromatic N) is 1. The molecule has 0 unspecified atom stereocenters. The minimum absolute atomic E-state index is 0.332. The Kier molecular flexibility index (Phi) is 4.85. The third-order valence-electron chi connectivity index (χ3n) is 4.88. The van der Waals surface area contributed by atoms with Crippen LogP contribution in [-0.4, -0.2) is 17.3 Å². The minimum Gasteiger partial charge on any atom is -0.406 e. The number of alkyl halides is 3. The summed E-state index contributed by atoms with van der Waals surface area (Å²) in [5, 5.41) is 3.42. The van der Waals surface area contributed by atoms with E-state index < -0.39 is 12.3 Å². The van der Waals surface area contributed by atoms with Gasteiger partial charge in [-0.15, -0.1) is 24.5 Å². The van der Waals surface area contributed by atoms with E-state index in [1.165, 1.54) is 29.0 Å². The smallest absolute Gasteiger partial charge is 0.406 e. The van der Waals surface area contributed by atoms with Gasteiger partial charge in [0.15, 0.2) is 0 Å². The first kappa shape index (κ1) is 19.5. The van der Waals surface area contributed by atoms with Gasteiger partial charge in [0.25, 0.3) is 5.91 Å². The predicted molar refractivity (Wildman–Crippen MR) is 106 cm³/mol. The minimum atomic E-state index is -4.76. The zero-order valence-corrected chi connectivity index (χ0v) is 16.3. The molecule has 0 saturated carbocycles. The second-order valence-corrected chi connectivity index (χ2v) is 8.17. The number of nitrogen functional groups attached to an aromatic ring is 1. The quantitative estimate of drug-likeness (QED) is 0.613. The van der Waals surface area contributed by atoms with E-state index in [0.29, 0.717) is 22.2 Å². The summed E-state index contributed by atoms with van der Waals surface area (Å²) in [4.78, 5) is 18.4. The first-order valence-electron chi connectivity index (χ1n) is 9.07. The van der Waals surface area contributed by atoms with Crippen molar-refractivity contribution >= 4 is 38.8 Å². The zero-order chi connectivity index (χ0) is 20.8. The molecule has 0 saturated heterocycles. The van der Waals surface area contributed by atoms with E-state index in [4.69, 9.17) is 10.7 Å². The summed E-state index contributed by atoms with van der Waals surface area (Å²) < 4.78 is 40.5. The van der Waals surface area contributed by atoms with Gasteiger partial charge < -0.3 is 15.8 Å². The summed E-state index contributed by atoms with van der Waals surface area (Å²) in [6.45, 7) is 2.20. The number of nitrogens with one attached hydrogen (secondary N) is 1. The highest BCUT2D eigenvalue weighted by Crippen LogP contribution is 2.36. The van der Waals surface area contributed by atoms with Crippen LogP contribution in [-0.2, 0) is 12.8 Å². The van der Waals surface area contributed by atoms with Crippen LogP contribution in [0.2, 0.25) is 0 Å². The highest BCUT2D eigenvalue weighted by molar-refractivity contribution is 7.21. The van der Waals surface area contributed by atoms with Crippen molar-refractivity contribution in [1.82, 2.24) is 4.98 Å². The molecule has 1 aliphatic rings. The van der Waals surface area contributed by atoms with Crippen LogP contribution in [0.5, 0.6) is 5.75 Å². The molecule has 3 aromatic rings. The maximum atomic E-state index is 12.7. The van der Waals surface area contributed by atoms with Crippen LogP contribution in [0.4, 0.5) is 24.5 Å². The number of rotatable bonds is 3. The number of halogens is 3. The lowest BCUT2D eigenvalue weighted by Gasteiger charge is -2.20. The molecular weight excluding hydrogens is 403 g/mol. The first-order chi connectivity index (χ1) is 13.7. The molecule has 0 spiro atoms. The monoisotopic (exact) mass is 421 g/mol. The number of fused-ring (bicyclic) bond motifs is 2. The van der Waals surface area contributed by atoms with Gasteiger partial charge in [-0.3, -0.25) is 4.79 Å². The van der Waals surface area contributed by atoms with Crippen LogP contribution < -0.4 is 15.8 Å². The summed E-state index contributed by atoms with van der Waals surface area (Å²) in [5.41, 5.74) is 9.16. The Morgan fingerprint density at radius 3 is 2.72 bits per heavy atom. The lowest BCUT2D eigenvalue weighted by Crippen LogP contribution is -2.17. The summed E-state index contributed by atoms with van der Waals surface area (Å²) >= 11 is 1.21. The Morgan fingerprint density at radius 2 is 2.03 bits per heavy atom. The van der Waals surface area contributed by atoms with E-state index in [1.54, 1.807) is 0 Å². The normalized spacial score (nSPS) is 16.5. The van der Waals surface area contributed by atoms with Crippen LogP contribution in [0, 0.1) is 5.92 Å². The number of anilines is 2. The van der Waals surface area contributed by atoms with Gasteiger partial charge in [0.05, 0.1) is 5.69 Å². The number of pyridine rings is 1. The van der Waals surface area contributed by atoms with E-state index in [9.17, 15) is 18.0 Å². The average Bonchev–Trinajstić information content (AvgIpc) is 2.96. The van der Waals surface area contributed by atoms with Gasteiger partial charge in [-0.1, -0.05) is 6.92 Å². The molecule has 29 heavy (non-hydrogen) atoms. The summed E-state index contributed by atoms with van der Waals surface area (Å²) in [7, 11) is 0. The number of aryl methyl sites for hydroxylation is 1. The molecule has 0 bridgehead atoms. The van der Waals surface area contributed by atoms with Crippen molar-refractivity contribution in [2.75, 3.05) is 11.1 Å². The topological polar surface area (TPSA) is 77.2 Å². The van der Waals surface area contributed by atoms with E-state index in [0.717, 1.165) is 47.3 Å². The fourth-order valence-corrected chi connectivity index (χ4v) is 4.46. The Hall–Kier alpha value is -2.81. The summed E-state index contributed by atoms with van der Waals surface area (Å²) in [6.07, 6.45) is -1.81. The number of hydrogen-bond donors (Lipinski definition) is 2. The zero-order valence-electron chi connectivity index (χ0n) is 15.5. The third kappa shape index (κ3) is 4.14. The number of benzene rings is 1. The Balaban J connectivity index is 1.56. The molecule has 152 valence electrons. The molecule has 3 N–H and O–H groups in total. The fourth-order valence-electron chi connectivity index (χ4n) is 3.47. The van der Waals surface area contributed by atoms with Crippen molar-refractivity contribution in [1.29, 1.82) is 0 Å². The Bertz CT molecular complexity index is 1080. The molecule has 1 aromatic carbocycles. The largest absolute Gasteiger partial charge is 0.573 e. The molecule has 1 amide bonds. The van der Waals surface area contributed by atoms with E-state index in [-0.39, 0.29) is 5.75 Å². The highest BCUT2D eigenvalue weighted by Gasteiger charge is 2.31. The van der Waals surface area contributed by atoms with Gasteiger partial charge in [-0.05, 0) is 61.1 Å². The van der Waals surface area contributed by atoms with Crippen LogP contribution in [0.15, 0.2) is 30.3 Å². The maximum absolute atomic E-state index is 12.7. The van der Waals surface area contributed by atoms with Gasteiger partial charge in [-0.2, -0.15) is 0 Å². The highest BCUT2D eigenvalue weighted by atomic mass is 32.1. The van der Waals surface area contributed by atoms with Crippen molar-refractivity contribution in [3.8, 4) is 5.75 Å². The second kappa shape index (κ2) is 7.22. The van der Waals surface area contributed by atoms with Crippen molar-refractivity contribution in [3.63, 3.8) is 0 Å². The molecule has 2 aromatic heterocycles. The molecule has 0 fully saturated rings. The predicted octanol–water partition coefficient (Wildman–Crippen LogP) is 5.15. The van der Waals surface area contributed by atoms with Gasteiger partial charge in [0.1, 0.15) is 15.5 Å². The molecule has 9 heteroatoms. The van der Waals surface area contributed by atoms with Crippen molar-refractivity contribution < 1.29 is 22.7 Å². The summed E-state index contributed by atoms with van der Waals surface area (Å²) in [6, 6.07) is 6.96. The van der Waals surface area contributed by atoms with E-state index in [2.05, 4.69) is 17.0 Å². The number of hydrogen-bond acceptors (Lipinski definition) is 5. The number of thiophene rings is 1. The molecular formula is C20H18F3N3O2S. The SMILES string of the molecule is C[C@H]1CCc2nc3sc(C(=O)Nc4ccc(OC(F)(F)F)cc4)c(N)c3cc2C1. The Labute approximate surface area is 168 Å². The number of aromatic nitrogens is 1. The van der Waals surface area contributed by atoms with E-state index >= 15 is 0 Å². The van der Waals surface area contributed by atoms with Gasteiger partial charge in [0.2, 0.25) is 0 Å². The number of amides is 1. The molecule has 0 radical (unpaired) electrons. The molecule has 1 aliphatic carbocycles. The maximum Gasteiger partial charge on any atom is 0.573 e. The lowest BCUT2D eigenvalue weighted by atomic mass is 9.87. The first-order valence-corrected chi connectivity index (χ1v) is 9.89. The van der Waals surface area contributed by atoms with E-state index in [1.807, 2.05) is 6.07 Å². The van der Waals surface area contributed by atoms with Gasteiger partial charge >= 0.3 is 6.36 Å². The number of carbonyl (C=O) groups is 1. The average molecular weight is 421 g/mol. The van der Waals surface area contributed by atoms with Gasteiger partial charge in [-0.25, -0.2) is 4.98 Å². The van der Waals surface area contributed by atoms with Crippen molar-refractivity contribution in [3.05, 3.63) is 46.5 Å². The Morgan fingerprint density at radius 1 is 1.31 bits per heavy atom. The molecule has 1 atom stereocenters. The number of nitrogens with two attached hydrogens (primary N) is 1. The lowest BCUT2D eigenvalue weighted by molar-refractivity contribution is -0.274. The second-order valence-electron chi connectivity index (χ2n) is 7.17. The van der Waals surface area contributed by atoms with Crippen LogP contribution in [0.1, 0.15) is 34.3 Å². The number of ether oxygens (including phenoxy) is 1. The van der Waals surface area contributed by atoms with Crippen molar-refractivity contribution in [2.24, 2.45) is 5.92 Å². The third-order valence-corrected chi connectivity index (χ3v) is 6.00.